The van der Waals surface area contributed by atoms with Gasteiger partial charge >= 0.3 is 5.97 Å². The van der Waals surface area contributed by atoms with Crippen molar-refractivity contribution >= 4 is 17.8 Å². The van der Waals surface area contributed by atoms with E-state index in [0.717, 1.165) is 17.6 Å². The molecule has 6 nitrogen and oxygen atoms in total. The smallest absolute Gasteiger partial charge is 0.358 e. The lowest BCUT2D eigenvalue weighted by Crippen LogP contribution is -2.22. The maximum Gasteiger partial charge on any atom is 0.358 e. The van der Waals surface area contributed by atoms with Gasteiger partial charge in [-0.15, -0.1) is 0 Å². The molecule has 1 aliphatic heterocycles. The van der Waals surface area contributed by atoms with Crippen LogP contribution in [-0.2, 0) is 0 Å². The van der Waals surface area contributed by atoms with Crippen molar-refractivity contribution in [3.63, 3.8) is 0 Å². The van der Waals surface area contributed by atoms with Crippen LogP contribution in [0.15, 0.2) is 33.4 Å². The van der Waals surface area contributed by atoms with Crippen molar-refractivity contribution in [1.29, 1.82) is 0 Å². The minimum absolute atomic E-state index is 0.0837. The van der Waals surface area contributed by atoms with Gasteiger partial charge in [0.25, 0.3) is 0 Å². The number of hydrogen-bond donors (Lipinski definition) is 2. The molecular formula is C11H9N3O3. The Bertz CT molecular complexity index is 568. The summed E-state index contributed by atoms with van der Waals surface area (Å²) in [6.07, 6.45) is 6.45. The number of carboxylic acids is 1. The number of hydrogen-bond acceptors (Lipinski definition) is 5. The molecular weight excluding hydrogens is 222 g/mol. The molecule has 0 radical (unpaired) electrons. The summed E-state index contributed by atoms with van der Waals surface area (Å²) < 4.78 is 5.01. The van der Waals surface area contributed by atoms with Gasteiger partial charge in [0, 0.05) is 11.6 Å². The number of hydrazone groups is 1. The molecule has 0 spiro atoms. The highest BCUT2D eigenvalue weighted by atomic mass is 16.5. The topological polar surface area (TPSA) is 87.7 Å². The lowest BCUT2D eigenvalue weighted by atomic mass is 9.95. The highest BCUT2D eigenvalue weighted by molar-refractivity contribution is 5.90. The fourth-order valence-electron chi connectivity index (χ4n) is 1.86. The number of fused-ring (bicyclic) bond motifs is 1. The quantitative estimate of drug-likeness (QED) is 0.794. The van der Waals surface area contributed by atoms with E-state index in [1.54, 1.807) is 6.21 Å². The molecule has 1 aliphatic carbocycles. The summed E-state index contributed by atoms with van der Waals surface area (Å²) in [4.78, 5) is 10.7. The SMILES string of the molecule is O=C(O)c1cc(C2=CCC3NN=CC3=C2)on1. The van der Waals surface area contributed by atoms with Gasteiger partial charge in [-0.2, -0.15) is 5.10 Å². The average Bonchev–Trinajstić information content (AvgIpc) is 2.97. The lowest BCUT2D eigenvalue weighted by Gasteiger charge is -2.14. The Balaban J connectivity index is 1.92. The number of rotatable bonds is 2. The zero-order valence-corrected chi connectivity index (χ0v) is 8.75. The fraction of sp³-hybridized carbons (Fsp3) is 0.182. The first-order chi connectivity index (χ1) is 8.24. The third kappa shape index (κ3) is 1.63. The lowest BCUT2D eigenvalue weighted by molar-refractivity contribution is 0.0685. The Morgan fingerprint density at radius 2 is 2.47 bits per heavy atom. The molecule has 1 aromatic rings. The van der Waals surface area contributed by atoms with Crippen LogP contribution in [0.25, 0.3) is 5.57 Å². The van der Waals surface area contributed by atoms with E-state index in [1.165, 1.54) is 6.07 Å². The van der Waals surface area contributed by atoms with Crippen LogP contribution in [-0.4, -0.2) is 28.5 Å². The highest BCUT2D eigenvalue weighted by Crippen LogP contribution is 2.26. The zero-order chi connectivity index (χ0) is 11.8. The first kappa shape index (κ1) is 9.83. The molecule has 6 heteroatoms. The summed E-state index contributed by atoms with van der Waals surface area (Å²) in [5, 5.41) is 16.2. The zero-order valence-electron chi connectivity index (χ0n) is 8.75. The molecule has 3 rings (SSSR count). The van der Waals surface area contributed by atoms with E-state index in [4.69, 9.17) is 9.63 Å². The molecule has 1 aromatic heterocycles. The van der Waals surface area contributed by atoms with Gasteiger partial charge < -0.3 is 15.1 Å². The van der Waals surface area contributed by atoms with E-state index in [0.29, 0.717) is 5.76 Å². The molecule has 1 unspecified atom stereocenters. The minimum atomic E-state index is -1.09. The van der Waals surface area contributed by atoms with E-state index in [9.17, 15) is 4.79 Å². The Labute approximate surface area is 96.3 Å². The van der Waals surface area contributed by atoms with Crippen molar-refractivity contribution in [2.75, 3.05) is 0 Å². The van der Waals surface area contributed by atoms with E-state index in [2.05, 4.69) is 15.7 Å². The summed E-state index contributed by atoms with van der Waals surface area (Å²) in [7, 11) is 0. The minimum Gasteiger partial charge on any atom is -0.476 e. The molecule has 2 aliphatic rings. The fourth-order valence-corrected chi connectivity index (χ4v) is 1.86. The van der Waals surface area contributed by atoms with E-state index >= 15 is 0 Å². The number of aromatic nitrogens is 1. The second kappa shape index (κ2) is 3.58. The van der Waals surface area contributed by atoms with Gasteiger partial charge in [-0.1, -0.05) is 11.2 Å². The van der Waals surface area contributed by atoms with Gasteiger partial charge in [-0.25, -0.2) is 4.79 Å². The number of carbonyl (C=O) groups is 1. The van der Waals surface area contributed by atoms with Crippen molar-refractivity contribution in [3.05, 3.63) is 35.2 Å². The van der Waals surface area contributed by atoms with Gasteiger partial charge in [0.1, 0.15) is 0 Å². The Hall–Kier alpha value is -2.37. The number of nitrogens with zero attached hydrogens (tertiary/aromatic N) is 2. The molecule has 2 heterocycles. The standard InChI is InChI=1S/C11H9N3O3/c15-11(16)9-4-10(17-14-9)6-1-2-8-7(3-6)5-12-13-8/h1,3-5,8,13H,2H2,(H,15,16). The van der Waals surface area contributed by atoms with Crippen LogP contribution < -0.4 is 5.43 Å². The molecule has 86 valence electrons. The molecule has 1 atom stereocenters. The van der Waals surface area contributed by atoms with Crippen LogP contribution in [0.4, 0.5) is 0 Å². The van der Waals surface area contributed by atoms with E-state index in [1.807, 2.05) is 12.2 Å². The number of carboxylic acid groups (broad SMARTS) is 1. The van der Waals surface area contributed by atoms with Crippen LogP contribution >= 0.6 is 0 Å². The molecule has 2 N–H and O–H groups in total. The molecule has 0 bridgehead atoms. The van der Waals surface area contributed by atoms with Crippen molar-refractivity contribution in [1.82, 2.24) is 10.6 Å². The van der Waals surface area contributed by atoms with Crippen LogP contribution in [0.1, 0.15) is 22.7 Å². The Morgan fingerprint density at radius 3 is 3.24 bits per heavy atom. The predicted molar refractivity (Wildman–Crippen MR) is 59.6 cm³/mol. The number of aromatic carboxylic acids is 1. The first-order valence-electron chi connectivity index (χ1n) is 5.15. The maximum absolute atomic E-state index is 10.7. The summed E-state index contributed by atoms with van der Waals surface area (Å²) in [5.74, 6) is -0.625. The van der Waals surface area contributed by atoms with Crippen LogP contribution in [0, 0.1) is 0 Å². The molecule has 0 aromatic carbocycles. The second-order valence-electron chi connectivity index (χ2n) is 3.86. The van der Waals surface area contributed by atoms with Crippen molar-refractivity contribution in [3.8, 4) is 0 Å². The summed E-state index contributed by atoms with van der Waals surface area (Å²) in [5.41, 5.74) is 4.79. The predicted octanol–water partition coefficient (Wildman–Crippen LogP) is 1.04. The van der Waals surface area contributed by atoms with Crippen LogP contribution in [0.5, 0.6) is 0 Å². The Morgan fingerprint density at radius 1 is 1.59 bits per heavy atom. The third-order valence-electron chi connectivity index (χ3n) is 2.76. The monoisotopic (exact) mass is 231 g/mol. The van der Waals surface area contributed by atoms with Crippen molar-refractivity contribution in [2.45, 2.75) is 12.5 Å². The molecule has 0 amide bonds. The average molecular weight is 231 g/mol. The summed E-state index contributed by atoms with van der Waals surface area (Å²) >= 11 is 0. The van der Waals surface area contributed by atoms with Gasteiger partial charge in [-0.3, -0.25) is 0 Å². The third-order valence-corrected chi connectivity index (χ3v) is 2.76. The van der Waals surface area contributed by atoms with E-state index < -0.39 is 5.97 Å². The van der Waals surface area contributed by atoms with Crippen LogP contribution in [0.2, 0.25) is 0 Å². The molecule has 0 saturated heterocycles. The first-order valence-corrected chi connectivity index (χ1v) is 5.15. The van der Waals surface area contributed by atoms with Gasteiger partial charge in [0.2, 0.25) is 0 Å². The van der Waals surface area contributed by atoms with Crippen molar-refractivity contribution < 1.29 is 14.4 Å². The summed E-state index contributed by atoms with van der Waals surface area (Å²) in [6.45, 7) is 0. The Kier molecular flexibility index (Phi) is 2.07. The molecule has 17 heavy (non-hydrogen) atoms. The van der Waals surface area contributed by atoms with Gasteiger partial charge in [0.15, 0.2) is 11.5 Å². The summed E-state index contributed by atoms with van der Waals surface area (Å²) in [6, 6.07) is 1.64. The van der Waals surface area contributed by atoms with Crippen LogP contribution in [0.3, 0.4) is 0 Å². The molecule has 0 fully saturated rings. The second-order valence-corrected chi connectivity index (χ2v) is 3.86. The highest BCUT2D eigenvalue weighted by Gasteiger charge is 2.22. The maximum atomic E-state index is 10.7. The number of allylic oxidation sites excluding steroid dienone is 2. The molecule has 0 saturated carbocycles. The van der Waals surface area contributed by atoms with E-state index in [-0.39, 0.29) is 11.7 Å². The largest absolute Gasteiger partial charge is 0.476 e. The van der Waals surface area contributed by atoms with Gasteiger partial charge in [-0.05, 0) is 18.1 Å². The normalized spacial score (nSPS) is 21.5. The van der Waals surface area contributed by atoms with Gasteiger partial charge in [0.05, 0.1) is 12.3 Å². The van der Waals surface area contributed by atoms with Crippen molar-refractivity contribution in [2.24, 2.45) is 5.10 Å². The number of nitrogens with one attached hydrogen (secondary N) is 1.